The summed E-state index contributed by atoms with van der Waals surface area (Å²) >= 11 is 0. The molecule has 1 saturated carbocycles. The Balaban J connectivity index is 1.99. The molecule has 0 N–H and O–H groups in total. The minimum atomic E-state index is -0.100. The largest absolute Gasteiger partial charge is 0.303 e. The van der Waals surface area contributed by atoms with Crippen molar-refractivity contribution in [2.45, 2.75) is 66.2 Å². The lowest BCUT2D eigenvalue weighted by molar-refractivity contribution is -0.128. The summed E-state index contributed by atoms with van der Waals surface area (Å²) in [6.45, 7) is 9.30. The average Bonchev–Trinajstić information content (AvgIpc) is 2.46. The molecule has 1 heteroatoms. The second-order valence-electron chi connectivity index (χ2n) is 8.44. The number of rotatable bonds is 2. The second kappa shape index (κ2) is 5.11. The first-order valence-electron chi connectivity index (χ1n) is 8.77. The Hall–Kier alpha value is -0.850. The molecule has 4 atom stereocenters. The van der Waals surface area contributed by atoms with Gasteiger partial charge < -0.3 is 4.79 Å². The lowest BCUT2D eigenvalue weighted by atomic mass is 9.47. The lowest BCUT2D eigenvalue weighted by Crippen LogP contribution is -2.50. The predicted molar refractivity (Wildman–Crippen MR) is 88.0 cm³/mol. The molecule has 0 saturated heterocycles. The van der Waals surface area contributed by atoms with E-state index in [0.29, 0.717) is 23.2 Å². The highest BCUT2D eigenvalue weighted by Gasteiger charge is 2.54. The quantitative estimate of drug-likeness (QED) is 0.628. The molecule has 3 rings (SSSR count). The van der Waals surface area contributed by atoms with Crippen LogP contribution >= 0.6 is 0 Å². The van der Waals surface area contributed by atoms with Crippen LogP contribution in [0, 0.1) is 28.6 Å². The summed E-state index contributed by atoms with van der Waals surface area (Å²) in [5.74, 6) is 1.89. The van der Waals surface area contributed by atoms with Gasteiger partial charge in [0.2, 0.25) is 0 Å². The van der Waals surface area contributed by atoms with Crippen LogP contribution in [0.4, 0.5) is 0 Å². The number of hydrogen-bond donors (Lipinski definition) is 0. The van der Waals surface area contributed by atoms with Crippen molar-refractivity contribution >= 4 is 6.29 Å². The van der Waals surface area contributed by atoms with Gasteiger partial charge in [-0.2, -0.15) is 0 Å². The summed E-state index contributed by atoms with van der Waals surface area (Å²) in [4.78, 5) is 11.7. The van der Waals surface area contributed by atoms with E-state index >= 15 is 0 Å². The van der Waals surface area contributed by atoms with Crippen molar-refractivity contribution in [1.29, 1.82) is 0 Å². The second-order valence-corrected chi connectivity index (χ2v) is 8.44. The van der Waals surface area contributed by atoms with E-state index in [1.807, 2.05) is 0 Å². The van der Waals surface area contributed by atoms with Crippen LogP contribution in [0.3, 0.4) is 0 Å². The maximum atomic E-state index is 11.7. The van der Waals surface area contributed by atoms with E-state index in [1.165, 1.54) is 32.0 Å². The van der Waals surface area contributed by atoms with Gasteiger partial charge >= 0.3 is 0 Å². The zero-order valence-corrected chi connectivity index (χ0v) is 14.1. The first-order chi connectivity index (χ1) is 9.90. The van der Waals surface area contributed by atoms with Gasteiger partial charge in [0.15, 0.2) is 0 Å². The predicted octanol–water partition coefficient (Wildman–Crippen LogP) is 5.32. The molecule has 116 valence electrons. The van der Waals surface area contributed by atoms with Crippen molar-refractivity contribution in [3.63, 3.8) is 0 Å². The van der Waals surface area contributed by atoms with E-state index in [9.17, 15) is 4.79 Å². The SMILES string of the molecule is CC(C)C1=CC2=CCC3[C@](C)(CCC[C@@]3(C)C=O)C2CC1. The zero-order valence-electron chi connectivity index (χ0n) is 14.1. The van der Waals surface area contributed by atoms with E-state index in [0.717, 1.165) is 12.8 Å². The van der Waals surface area contributed by atoms with Crippen LogP contribution < -0.4 is 0 Å². The van der Waals surface area contributed by atoms with Gasteiger partial charge in [-0.1, -0.05) is 51.8 Å². The van der Waals surface area contributed by atoms with Gasteiger partial charge in [0.1, 0.15) is 6.29 Å². The van der Waals surface area contributed by atoms with Crippen molar-refractivity contribution < 1.29 is 4.79 Å². The van der Waals surface area contributed by atoms with Gasteiger partial charge in [0.05, 0.1) is 0 Å². The smallest absolute Gasteiger partial charge is 0.126 e. The van der Waals surface area contributed by atoms with E-state index in [-0.39, 0.29) is 5.41 Å². The summed E-state index contributed by atoms with van der Waals surface area (Å²) in [5, 5.41) is 0. The average molecular weight is 286 g/mol. The molecule has 0 spiro atoms. The minimum absolute atomic E-state index is 0.100. The fourth-order valence-electron chi connectivity index (χ4n) is 5.53. The van der Waals surface area contributed by atoms with Crippen LogP contribution in [0.5, 0.6) is 0 Å². The van der Waals surface area contributed by atoms with Crippen molar-refractivity contribution in [2.24, 2.45) is 28.6 Å². The van der Waals surface area contributed by atoms with Gasteiger partial charge in [0.25, 0.3) is 0 Å². The molecule has 3 aliphatic carbocycles. The highest BCUT2D eigenvalue weighted by atomic mass is 16.1. The third kappa shape index (κ3) is 2.24. The van der Waals surface area contributed by atoms with Gasteiger partial charge in [-0.3, -0.25) is 0 Å². The molecule has 0 aromatic heterocycles. The van der Waals surface area contributed by atoms with Crippen LogP contribution in [-0.2, 0) is 4.79 Å². The monoisotopic (exact) mass is 286 g/mol. The summed E-state index contributed by atoms with van der Waals surface area (Å²) in [7, 11) is 0. The number of hydrogen-bond acceptors (Lipinski definition) is 1. The van der Waals surface area contributed by atoms with Crippen molar-refractivity contribution in [3.05, 3.63) is 23.3 Å². The molecule has 1 nitrogen and oxygen atoms in total. The molecule has 0 heterocycles. The molecule has 2 unspecified atom stereocenters. The Bertz CT molecular complexity index is 498. The van der Waals surface area contributed by atoms with E-state index < -0.39 is 0 Å². The molecule has 0 bridgehead atoms. The highest BCUT2D eigenvalue weighted by molar-refractivity contribution is 5.60. The summed E-state index contributed by atoms with van der Waals surface area (Å²) in [6, 6.07) is 0. The highest BCUT2D eigenvalue weighted by Crippen LogP contribution is 2.61. The van der Waals surface area contributed by atoms with Gasteiger partial charge in [-0.25, -0.2) is 0 Å². The molecule has 0 aromatic rings. The van der Waals surface area contributed by atoms with E-state index in [1.54, 1.807) is 11.1 Å². The van der Waals surface area contributed by atoms with Crippen LogP contribution in [0.25, 0.3) is 0 Å². The number of allylic oxidation sites excluding steroid dienone is 4. The third-order valence-corrected chi connectivity index (χ3v) is 6.90. The standard InChI is InChI=1S/C20H30O/c1-14(2)15-6-8-17-16(12-15)7-9-18-19(3,13-21)10-5-11-20(17,18)4/h7,12-14,17-18H,5-6,8-11H2,1-4H3/t17?,18?,19-,20+/m0/s1. The van der Waals surface area contributed by atoms with E-state index in [4.69, 9.17) is 0 Å². The molecule has 1 fully saturated rings. The van der Waals surface area contributed by atoms with Crippen molar-refractivity contribution in [2.75, 3.05) is 0 Å². The Labute approximate surface area is 129 Å². The summed E-state index contributed by atoms with van der Waals surface area (Å²) in [5.41, 5.74) is 3.43. The minimum Gasteiger partial charge on any atom is -0.303 e. The fourth-order valence-corrected chi connectivity index (χ4v) is 5.53. The number of fused-ring (bicyclic) bond motifs is 3. The normalized spacial score (nSPS) is 42.7. The first-order valence-corrected chi connectivity index (χ1v) is 8.77. The Morgan fingerprint density at radius 1 is 1.29 bits per heavy atom. The first kappa shape index (κ1) is 15.1. The summed E-state index contributed by atoms with van der Waals surface area (Å²) < 4.78 is 0. The zero-order chi connectivity index (χ0) is 15.3. The topological polar surface area (TPSA) is 17.1 Å². The molecule has 21 heavy (non-hydrogen) atoms. The maximum absolute atomic E-state index is 11.7. The fraction of sp³-hybridized carbons (Fsp3) is 0.750. The Morgan fingerprint density at radius 3 is 2.71 bits per heavy atom. The number of carbonyl (C=O) groups excluding carboxylic acids is 1. The third-order valence-electron chi connectivity index (χ3n) is 6.90. The van der Waals surface area contributed by atoms with Crippen LogP contribution in [0.15, 0.2) is 23.3 Å². The van der Waals surface area contributed by atoms with E-state index in [2.05, 4.69) is 39.8 Å². The van der Waals surface area contributed by atoms with Crippen molar-refractivity contribution in [1.82, 2.24) is 0 Å². The Kier molecular flexibility index (Phi) is 3.66. The Morgan fingerprint density at radius 2 is 2.05 bits per heavy atom. The molecule has 0 radical (unpaired) electrons. The van der Waals surface area contributed by atoms with Crippen molar-refractivity contribution in [3.8, 4) is 0 Å². The van der Waals surface area contributed by atoms with Crippen LogP contribution in [-0.4, -0.2) is 6.29 Å². The number of carbonyl (C=O) groups is 1. The molecule has 3 aliphatic rings. The lowest BCUT2D eigenvalue weighted by Gasteiger charge is -2.57. The number of aldehydes is 1. The van der Waals surface area contributed by atoms with Crippen LogP contribution in [0.1, 0.15) is 66.2 Å². The van der Waals surface area contributed by atoms with Crippen LogP contribution in [0.2, 0.25) is 0 Å². The molecule has 0 aliphatic heterocycles. The van der Waals surface area contributed by atoms with Gasteiger partial charge in [-0.05, 0) is 60.8 Å². The molecule has 0 amide bonds. The van der Waals surface area contributed by atoms with Gasteiger partial charge in [0, 0.05) is 5.41 Å². The maximum Gasteiger partial charge on any atom is 0.126 e. The van der Waals surface area contributed by atoms with Gasteiger partial charge in [-0.15, -0.1) is 0 Å². The molecular weight excluding hydrogens is 256 g/mol. The molecule has 0 aromatic carbocycles. The summed E-state index contributed by atoms with van der Waals surface area (Å²) in [6.07, 6.45) is 13.5. The molecular formula is C20H30O.